The van der Waals surface area contributed by atoms with Crippen LogP contribution in [0.3, 0.4) is 0 Å². The maximum absolute atomic E-state index is 3.54. The van der Waals surface area contributed by atoms with E-state index < -0.39 is 0 Å². The number of hydrogen-bond acceptors (Lipinski definition) is 2. The quantitative estimate of drug-likeness (QED) is 0.291. The molecule has 0 saturated heterocycles. The van der Waals surface area contributed by atoms with Crippen molar-refractivity contribution in [3.63, 3.8) is 0 Å². The fraction of sp³-hybridized carbons (Fsp3) is 0. The Balaban J connectivity index is 1.69. The number of halogens is 2. The molecule has 0 unspecified atom stereocenters. The Labute approximate surface area is 181 Å². The van der Waals surface area contributed by atoms with Gasteiger partial charge in [-0.3, -0.25) is 0 Å². The second kappa shape index (κ2) is 8.63. The number of rotatable bonds is 5. The lowest BCUT2D eigenvalue weighted by molar-refractivity contribution is 1.50. The molecule has 138 valence electrons. The van der Waals surface area contributed by atoms with E-state index >= 15 is 0 Å². The van der Waals surface area contributed by atoms with Crippen LogP contribution in [0.5, 0.6) is 0 Å². The first-order valence-corrected chi connectivity index (χ1v) is 10.5. The van der Waals surface area contributed by atoms with Crippen LogP contribution in [0.25, 0.3) is 11.1 Å². The summed E-state index contributed by atoms with van der Waals surface area (Å²) in [4.78, 5) is 0. The van der Waals surface area contributed by atoms with Crippen molar-refractivity contribution in [1.82, 2.24) is 0 Å². The zero-order chi connectivity index (χ0) is 19.3. The molecule has 2 nitrogen and oxygen atoms in total. The van der Waals surface area contributed by atoms with Crippen molar-refractivity contribution >= 4 is 54.6 Å². The van der Waals surface area contributed by atoms with Crippen LogP contribution < -0.4 is 10.6 Å². The summed E-state index contributed by atoms with van der Waals surface area (Å²) in [7, 11) is 0. The SMILES string of the molecule is Brc1ccc(Nc2ccc(Nc3ccc(Br)cc3)c(-c3ccccc3)c2)cc1. The molecule has 0 fully saturated rings. The molecule has 4 aromatic carbocycles. The van der Waals surface area contributed by atoms with E-state index in [1.165, 1.54) is 5.56 Å². The molecule has 28 heavy (non-hydrogen) atoms. The van der Waals surface area contributed by atoms with Crippen molar-refractivity contribution in [2.75, 3.05) is 10.6 Å². The van der Waals surface area contributed by atoms with E-state index in [-0.39, 0.29) is 0 Å². The fourth-order valence-electron chi connectivity index (χ4n) is 2.98. The minimum absolute atomic E-state index is 1.04. The summed E-state index contributed by atoms with van der Waals surface area (Å²) in [5.74, 6) is 0. The van der Waals surface area contributed by atoms with Crippen LogP contribution in [-0.4, -0.2) is 0 Å². The Morgan fingerprint density at radius 1 is 0.500 bits per heavy atom. The normalized spacial score (nSPS) is 10.5. The molecule has 0 aromatic heterocycles. The minimum atomic E-state index is 1.04. The summed E-state index contributed by atoms with van der Waals surface area (Å²) in [5, 5.41) is 7.03. The number of anilines is 4. The third-order valence-electron chi connectivity index (χ3n) is 4.36. The molecule has 0 saturated carbocycles. The Kier molecular flexibility index (Phi) is 5.79. The molecule has 4 rings (SSSR count). The van der Waals surface area contributed by atoms with E-state index in [1.807, 2.05) is 30.3 Å². The highest BCUT2D eigenvalue weighted by Gasteiger charge is 2.08. The highest BCUT2D eigenvalue weighted by molar-refractivity contribution is 9.10. The van der Waals surface area contributed by atoms with E-state index in [9.17, 15) is 0 Å². The van der Waals surface area contributed by atoms with Gasteiger partial charge in [-0.15, -0.1) is 0 Å². The maximum Gasteiger partial charge on any atom is 0.0465 e. The topological polar surface area (TPSA) is 24.1 Å². The summed E-state index contributed by atoms with van der Waals surface area (Å²) < 4.78 is 2.13. The monoisotopic (exact) mass is 492 g/mol. The molecule has 0 aliphatic heterocycles. The zero-order valence-electron chi connectivity index (χ0n) is 15.0. The third-order valence-corrected chi connectivity index (χ3v) is 5.42. The van der Waals surface area contributed by atoms with Gasteiger partial charge in [0.25, 0.3) is 0 Å². The van der Waals surface area contributed by atoms with Gasteiger partial charge in [-0.05, 0) is 72.3 Å². The summed E-state index contributed by atoms with van der Waals surface area (Å²) in [6.45, 7) is 0. The lowest BCUT2D eigenvalue weighted by atomic mass is 10.0. The molecule has 0 bridgehead atoms. The summed E-state index contributed by atoms with van der Waals surface area (Å²) in [5.41, 5.74) is 6.52. The molecule has 0 aliphatic carbocycles. The van der Waals surface area contributed by atoms with E-state index in [0.29, 0.717) is 0 Å². The standard InChI is InChI=1S/C24H18Br2N2/c25-18-6-10-20(11-7-18)27-22-14-15-24(28-21-12-8-19(26)9-13-21)23(16-22)17-4-2-1-3-5-17/h1-16,27-28H. The highest BCUT2D eigenvalue weighted by atomic mass is 79.9. The predicted molar refractivity (Wildman–Crippen MR) is 127 cm³/mol. The Bertz CT molecular complexity index is 1060. The van der Waals surface area contributed by atoms with E-state index in [0.717, 1.165) is 37.3 Å². The van der Waals surface area contributed by atoms with Gasteiger partial charge >= 0.3 is 0 Å². The highest BCUT2D eigenvalue weighted by Crippen LogP contribution is 2.34. The van der Waals surface area contributed by atoms with Gasteiger partial charge in [-0.1, -0.05) is 62.2 Å². The van der Waals surface area contributed by atoms with Crippen LogP contribution in [0.15, 0.2) is 106 Å². The average Bonchev–Trinajstić information content (AvgIpc) is 2.73. The van der Waals surface area contributed by atoms with Crippen LogP contribution in [0.4, 0.5) is 22.7 Å². The molecule has 0 spiro atoms. The van der Waals surface area contributed by atoms with Crippen molar-refractivity contribution in [1.29, 1.82) is 0 Å². The molecule has 0 amide bonds. The summed E-state index contributed by atoms with van der Waals surface area (Å²) in [6.07, 6.45) is 0. The van der Waals surface area contributed by atoms with Gasteiger partial charge in [0.1, 0.15) is 0 Å². The smallest absolute Gasteiger partial charge is 0.0465 e. The van der Waals surface area contributed by atoms with Gasteiger partial charge in [-0.2, -0.15) is 0 Å². The van der Waals surface area contributed by atoms with Gasteiger partial charge in [0.05, 0.1) is 0 Å². The second-order valence-electron chi connectivity index (χ2n) is 6.39. The molecule has 2 N–H and O–H groups in total. The molecule has 0 aliphatic rings. The van der Waals surface area contributed by atoms with Gasteiger partial charge < -0.3 is 10.6 Å². The first kappa shape index (κ1) is 18.8. The van der Waals surface area contributed by atoms with Crippen LogP contribution >= 0.6 is 31.9 Å². The van der Waals surface area contributed by atoms with Crippen LogP contribution in [-0.2, 0) is 0 Å². The maximum atomic E-state index is 3.54. The molecular formula is C24H18Br2N2. The van der Waals surface area contributed by atoms with E-state index in [2.05, 4.69) is 109 Å². The van der Waals surface area contributed by atoms with Gasteiger partial charge in [-0.25, -0.2) is 0 Å². The van der Waals surface area contributed by atoms with Crippen LogP contribution in [0, 0.1) is 0 Å². The number of hydrogen-bond donors (Lipinski definition) is 2. The van der Waals surface area contributed by atoms with Crippen LogP contribution in [0.1, 0.15) is 0 Å². The van der Waals surface area contributed by atoms with Crippen molar-refractivity contribution in [2.24, 2.45) is 0 Å². The molecule has 4 aromatic rings. The predicted octanol–water partition coefficient (Wildman–Crippen LogP) is 8.37. The minimum Gasteiger partial charge on any atom is -0.356 e. The molecule has 0 heterocycles. The van der Waals surface area contributed by atoms with Gasteiger partial charge in [0, 0.05) is 37.3 Å². The second-order valence-corrected chi connectivity index (χ2v) is 8.22. The average molecular weight is 494 g/mol. The Hall–Kier alpha value is -2.56. The Morgan fingerprint density at radius 2 is 1.04 bits per heavy atom. The lowest BCUT2D eigenvalue weighted by Gasteiger charge is -2.15. The molecule has 0 radical (unpaired) electrons. The van der Waals surface area contributed by atoms with Crippen molar-refractivity contribution in [3.8, 4) is 11.1 Å². The summed E-state index contributed by atoms with van der Waals surface area (Å²) >= 11 is 6.97. The van der Waals surface area contributed by atoms with Crippen LogP contribution in [0.2, 0.25) is 0 Å². The van der Waals surface area contributed by atoms with Gasteiger partial charge in [0.2, 0.25) is 0 Å². The first-order valence-electron chi connectivity index (χ1n) is 8.92. The molecule has 0 atom stereocenters. The van der Waals surface area contributed by atoms with Crippen molar-refractivity contribution < 1.29 is 0 Å². The number of nitrogens with one attached hydrogen (secondary N) is 2. The van der Waals surface area contributed by atoms with Crippen molar-refractivity contribution in [3.05, 3.63) is 106 Å². The lowest BCUT2D eigenvalue weighted by Crippen LogP contribution is -1.96. The first-order chi connectivity index (χ1) is 13.7. The largest absolute Gasteiger partial charge is 0.356 e. The van der Waals surface area contributed by atoms with E-state index in [4.69, 9.17) is 0 Å². The van der Waals surface area contributed by atoms with Crippen molar-refractivity contribution in [2.45, 2.75) is 0 Å². The summed E-state index contributed by atoms with van der Waals surface area (Å²) in [6, 6.07) is 33.2. The number of benzene rings is 4. The fourth-order valence-corrected chi connectivity index (χ4v) is 3.50. The molecular weight excluding hydrogens is 476 g/mol. The zero-order valence-corrected chi connectivity index (χ0v) is 18.2. The van der Waals surface area contributed by atoms with Gasteiger partial charge in [0.15, 0.2) is 0 Å². The third kappa shape index (κ3) is 4.64. The molecule has 4 heteroatoms. The Morgan fingerprint density at radius 3 is 1.64 bits per heavy atom. The van der Waals surface area contributed by atoms with E-state index in [1.54, 1.807) is 0 Å².